The number of carboxylic acid groups (broad SMARTS) is 1. The van der Waals surface area contributed by atoms with Gasteiger partial charge in [0.1, 0.15) is 10.6 Å². The average Bonchev–Trinajstić information content (AvgIpc) is 3.45. The Morgan fingerprint density at radius 3 is 2.27 bits per heavy atom. The SMILES string of the molecule is CCS(=O)(=O)c1cc(C(N)=O)c(O)c(NC(=O)c2scc(S(C)(=O)=O)c2Cl)c1-c1c(C(=O)O)[nH]c2ccc(Cl)cc12. The Kier molecular flexibility index (Phi) is 7.88. The number of sulfone groups is 2. The number of primary amides is 1. The molecule has 12 nitrogen and oxygen atoms in total. The van der Waals surface area contributed by atoms with Crippen LogP contribution in [-0.4, -0.2) is 61.8 Å². The Morgan fingerprint density at radius 1 is 1.07 bits per heavy atom. The van der Waals surface area contributed by atoms with E-state index in [0.717, 1.165) is 17.7 Å². The van der Waals surface area contributed by atoms with Crippen molar-refractivity contribution in [3.63, 3.8) is 0 Å². The van der Waals surface area contributed by atoms with E-state index in [4.69, 9.17) is 28.9 Å². The number of aromatic amines is 1. The Morgan fingerprint density at radius 2 is 1.73 bits per heavy atom. The third-order valence-corrected chi connectivity index (χ3v) is 10.9. The summed E-state index contributed by atoms with van der Waals surface area (Å²) in [6, 6.07) is 5.02. The van der Waals surface area contributed by atoms with Gasteiger partial charge in [-0.1, -0.05) is 30.1 Å². The number of carbonyl (C=O) groups excluding carboxylic acids is 2. The Bertz CT molecular complexity index is 2010. The number of H-pyrrole nitrogens is 1. The molecule has 0 atom stereocenters. The predicted octanol–water partition coefficient (Wildman–Crippen LogP) is 4.16. The maximum absolute atomic E-state index is 13.4. The minimum Gasteiger partial charge on any atom is -0.505 e. The number of aromatic nitrogens is 1. The standard InChI is InChI=1S/C24H19Cl2N3O9S3/c1-3-41(37,38)13-7-11(22(27)31)20(30)18(29-23(32)21-17(26)14(8-39-21)40(2,35)36)16(13)15-10-6-9(25)4-5-12(10)28-19(15)24(33)34/h4-8,28,30H,3H2,1-2H3,(H2,27,31)(H,29,32)(H,33,34). The summed E-state index contributed by atoms with van der Waals surface area (Å²) < 4.78 is 50.8. The minimum atomic E-state index is -4.31. The highest BCUT2D eigenvalue weighted by atomic mass is 35.5. The van der Waals surface area contributed by atoms with Crippen molar-refractivity contribution in [2.75, 3.05) is 17.3 Å². The Hall–Kier alpha value is -3.63. The molecule has 4 rings (SSSR count). The normalized spacial score (nSPS) is 12.0. The van der Waals surface area contributed by atoms with E-state index in [0.29, 0.717) is 11.3 Å². The topological polar surface area (TPSA) is 214 Å². The van der Waals surface area contributed by atoms with Crippen LogP contribution in [0.4, 0.5) is 5.69 Å². The molecule has 0 aliphatic heterocycles. The van der Waals surface area contributed by atoms with Gasteiger partial charge in [-0.25, -0.2) is 21.6 Å². The second-order valence-electron chi connectivity index (χ2n) is 8.63. The lowest BCUT2D eigenvalue weighted by atomic mass is 9.96. The Balaban J connectivity index is 2.16. The van der Waals surface area contributed by atoms with Crippen LogP contribution >= 0.6 is 34.5 Å². The van der Waals surface area contributed by atoms with Crippen LogP contribution in [0.5, 0.6) is 5.75 Å². The van der Waals surface area contributed by atoms with Crippen LogP contribution in [0.15, 0.2) is 39.4 Å². The molecule has 0 saturated carbocycles. The number of nitrogens with two attached hydrogens (primary N) is 1. The lowest BCUT2D eigenvalue weighted by molar-refractivity contribution is 0.0691. The minimum absolute atomic E-state index is 0.109. The molecule has 2 heterocycles. The van der Waals surface area contributed by atoms with Gasteiger partial charge in [-0.3, -0.25) is 9.59 Å². The molecule has 0 spiro atoms. The first-order chi connectivity index (χ1) is 19.0. The number of fused-ring (bicyclic) bond motifs is 1. The van der Waals surface area contributed by atoms with Crippen molar-refractivity contribution in [3.05, 3.63) is 55.8 Å². The summed E-state index contributed by atoms with van der Waals surface area (Å²) in [6.45, 7) is 1.29. The van der Waals surface area contributed by atoms with Gasteiger partial charge in [-0.05, 0) is 24.3 Å². The first-order valence-electron chi connectivity index (χ1n) is 11.2. The van der Waals surface area contributed by atoms with Gasteiger partial charge < -0.3 is 26.2 Å². The molecule has 17 heteroatoms. The fraction of sp³-hybridized carbons (Fsp3) is 0.125. The van der Waals surface area contributed by atoms with Gasteiger partial charge in [0, 0.05) is 38.7 Å². The van der Waals surface area contributed by atoms with E-state index < -0.39 is 81.4 Å². The van der Waals surface area contributed by atoms with Gasteiger partial charge in [-0.15, -0.1) is 11.3 Å². The van der Waals surface area contributed by atoms with Crippen LogP contribution in [0.3, 0.4) is 0 Å². The second kappa shape index (κ2) is 10.6. The second-order valence-corrected chi connectivity index (χ2v) is 14.6. The smallest absolute Gasteiger partial charge is 0.352 e. The highest BCUT2D eigenvalue weighted by Gasteiger charge is 2.33. The molecule has 0 unspecified atom stereocenters. The lowest BCUT2D eigenvalue weighted by Gasteiger charge is -2.19. The summed E-state index contributed by atoms with van der Waals surface area (Å²) in [5.74, 6) is -5.38. The number of benzene rings is 2. The average molecular weight is 661 g/mol. The van der Waals surface area contributed by atoms with E-state index in [-0.39, 0.29) is 31.3 Å². The fourth-order valence-electron chi connectivity index (χ4n) is 4.09. The van der Waals surface area contributed by atoms with Crippen molar-refractivity contribution < 1.29 is 41.4 Å². The molecular weight excluding hydrogens is 641 g/mol. The number of halogens is 2. The number of anilines is 1. The van der Waals surface area contributed by atoms with Crippen molar-refractivity contribution >= 4 is 88.6 Å². The monoisotopic (exact) mass is 659 g/mol. The number of amides is 2. The van der Waals surface area contributed by atoms with E-state index in [2.05, 4.69) is 10.3 Å². The zero-order valence-electron chi connectivity index (χ0n) is 20.9. The first-order valence-corrected chi connectivity index (χ1v) is 16.4. The van der Waals surface area contributed by atoms with Crippen LogP contribution in [0.2, 0.25) is 10.0 Å². The quantitative estimate of drug-likeness (QED) is 0.171. The summed E-state index contributed by atoms with van der Waals surface area (Å²) in [4.78, 5) is 39.3. The molecule has 41 heavy (non-hydrogen) atoms. The van der Waals surface area contributed by atoms with E-state index >= 15 is 0 Å². The van der Waals surface area contributed by atoms with Gasteiger partial charge in [0.25, 0.3) is 11.8 Å². The van der Waals surface area contributed by atoms with Crippen LogP contribution < -0.4 is 11.1 Å². The van der Waals surface area contributed by atoms with Crippen LogP contribution in [-0.2, 0) is 19.7 Å². The highest BCUT2D eigenvalue weighted by molar-refractivity contribution is 7.91. The van der Waals surface area contributed by atoms with Crippen LogP contribution in [0, 0.1) is 0 Å². The zero-order chi connectivity index (χ0) is 30.6. The molecule has 2 aromatic heterocycles. The highest BCUT2D eigenvalue weighted by Crippen LogP contribution is 2.47. The summed E-state index contributed by atoms with van der Waals surface area (Å²) in [5.41, 5.74) is 2.95. The summed E-state index contributed by atoms with van der Waals surface area (Å²) in [7, 11) is -8.14. The number of aromatic carboxylic acids is 1. The van der Waals surface area contributed by atoms with Crippen molar-refractivity contribution in [3.8, 4) is 16.9 Å². The summed E-state index contributed by atoms with van der Waals surface area (Å²) in [6.07, 6.45) is 0.875. The molecular formula is C24H19Cl2N3O9S3. The van der Waals surface area contributed by atoms with E-state index in [1.807, 2.05) is 0 Å². The van der Waals surface area contributed by atoms with Crippen molar-refractivity contribution in [2.45, 2.75) is 16.7 Å². The van der Waals surface area contributed by atoms with Gasteiger partial charge >= 0.3 is 5.97 Å². The van der Waals surface area contributed by atoms with E-state index in [9.17, 15) is 41.4 Å². The molecule has 0 fully saturated rings. The predicted molar refractivity (Wildman–Crippen MR) is 154 cm³/mol. The Labute approximate surface area is 246 Å². The van der Waals surface area contributed by atoms with Crippen molar-refractivity contribution in [2.24, 2.45) is 5.73 Å². The molecule has 0 aliphatic rings. The molecule has 0 aliphatic carbocycles. The molecule has 216 valence electrons. The molecule has 2 aromatic carbocycles. The van der Waals surface area contributed by atoms with Gasteiger partial charge in [-0.2, -0.15) is 0 Å². The number of phenols is 1. The van der Waals surface area contributed by atoms with Crippen LogP contribution in [0.1, 0.15) is 37.4 Å². The number of rotatable bonds is 8. The first kappa shape index (κ1) is 30.3. The number of thiophene rings is 1. The summed E-state index contributed by atoms with van der Waals surface area (Å²) in [5, 5.41) is 24.4. The maximum atomic E-state index is 13.4. The summed E-state index contributed by atoms with van der Waals surface area (Å²) >= 11 is 13.0. The number of hydrogen-bond donors (Lipinski definition) is 5. The number of aromatic hydroxyl groups is 1. The lowest BCUT2D eigenvalue weighted by Crippen LogP contribution is -2.19. The zero-order valence-corrected chi connectivity index (χ0v) is 24.9. The maximum Gasteiger partial charge on any atom is 0.352 e. The van der Waals surface area contributed by atoms with Gasteiger partial charge in [0.15, 0.2) is 25.4 Å². The molecule has 2 amide bonds. The largest absolute Gasteiger partial charge is 0.505 e. The van der Waals surface area contributed by atoms with Gasteiger partial charge in [0.05, 0.1) is 31.8 Å². The third-order valence-electron chi connectivity index (χ3n) is 6.01. The number of nitrogens with one attached hydrogen (secondary N) is 2. The van der Waals surface area contributed by atoms with Gasteiger partial charge in [0.2, 0.25) is 0 Å². The number of carbonyl (C=O) groups is 3. The fourth-order valence-corrected chi connectivity index (χ4v) is 8.20. The molecule has 0 saturated heterocycles. The van der Waals surface area contributed by atoms with E-state index in [1.54, 1.807) is 0 Å². The van der Waals surface area contributed by atoms with Crippen LogP contribution in [0.25, 0.3) is 22.0 Å². The molecule has 4 aromatic rings. The van der Waals surface area contributed by atoms with Crippen molar-refractivity contribution in [1.82, 2.24) is 4.98 Å². The third kappa shape index (κ3) is 5.38. The molecule has 0 radical (unpaired) electrons. The number of hydrogen-bond acceptors (Lipinski definition) is 9. The number of carboxylic acids is 1. The molecule has 6 N–H and O–H groups in total. The molecule has 0 bridgehead atoms. The van der Waals surface area contributed by atoms with E-state index in [1.165, 1.54) is 25.1 Å². The van der Waals surface area contributed by atoms with Crippen molar-refractivity contribution in [1.29, 1.82) is 0 Å².